The van der Waals surface area contributed by atoms with Gasteiger partial charge in [0.1, 0.15) is 5.78 Å². The Bertz CT molecular complexity index is 516. The van der Waals surface area contributed by atoms with Crippen LogP contribution in [0.1, 0.15) is 37.2 Å². The van der Waals surface area contributed by atoms with Gasteiger partial charge in [0.15, 0.2) is 0 Å². The van der Waals surface area contributed by atoms with Gasteiger partial charge in [0.05, 0.1) is 0 Å². The van der Waals surface area contributed by atoms with E-state index < -0.39 is 0 Å². The van der Waals surface area contributed by atoms with Crippen molar-refractivity contribution in [1.29, 1.82) is 0 Å². The molecule has 0 amide bonds. The second-order valence-electron chi connectivity index (χ2n) is 4.60. The summed E-state index contributed by atoms with van der Waals surface area (Å²) >= 11 is 0. The molecule has 0 spiro atoms. The number of para-hydroxylation sites is 1. The highest BCUT2D eigenvalue weighted by atomic mass is 16.1. The molecule has 16 heavy (non-hydrogen) atoms. The summed E-state index contributed by atoms with van der Waals surface area (Å²) in [5.41, 5.74) is 2.59. The second kappa shape index (κ2) is 3.78. The van der Waals surface area contributed by atoms with E-state index in [9.17, 15) is 4.79 Å². The summed E-state index contributed by atoms with van der Waals surface area (Å²) in [6.45, 7) is 0. The number of nitrogens with one attached hydrogen (secondary N) is 1. The van der Waals surface area contributed by atoms with Crippen LogP contribution in [0.2, 0.25) is 0 Å². The standard InChI is InChI=1S/C14H15NO/c16-11-7-5-10(6-8-11)13-9-15-14-4-2-1-3-12(13)14/h1-4,9-10,15H,5-8H2. The predicted molar refractivity (Wildman–Crippen MR) is 64.5 cm³/mol. The zero-order valence-corrected chi connectivity index (χ0v) is 9.20. The van der Waals surface area contributed by atoms with Crippen LogP contribution < -0.4 is 0 Å². The molecule has 3 rings (SSSR count). The van der Waals surface area contributed by atoms with Gasteiger partial charge in [-0.2, -0.15) is 0 Å². The highest BCUT2D eigenvalue weighted by Gasteiger charge is 2.22. The van der Waals surface area contributed by atoms with Gasteiger partial charge in [0.25, 0.3) is 0 Å². The lowest BCUT2D eigenvalue weighted by Gasteiger charge is -2.20. The number of H-pyrrole nitrogens is 1. The van der Waals surface area contributed by atoms with E-state index in [2.05, 4.69) is 29.4 Å². The van der Waals surface area contributed by atoms with Gasteiger partial charge in [0.2, 0.25) is 0 Å². The van der Waals surface area contributed by atoms with Crippen molar-refractivity contribution in [3.63, 3.8) is 0 Å². The number of benzene rings is 1. The molecule has 82 valence electrons. The van der Waals surface area contributed by atoms with E-state index >= 15 is 0 Å². The van der Waals surface area contributed by atoms with E-state index in [1.54, 1.807) is 0 Å². The smallest absolute Gasteiger partial charge is 0.132 e. The van der Waals surface area contributed by atoms with Crippen molar-refractivity contribution in [2.45, 2.75) is 31.6 Å². The average molecular weight is 213 g/mol. The molecule has 1 aromatic carbocycles. The summed E-state index contributed by atoms with van der Waals surface area (Å²) in [4.78, 5) is 14.5. The Morgan fingerprint density at radius 3 is 2.69 bits per heavy atom. The topological polar surface area (TPSA) is 32.9 Å². The lowest BCUT2D eigenvalue weighted by molar-refractivity contribution is -0.120. The van der Waals surface area contributed by atoms with Gasteiger partial charge in [-0.15, -0.1) is 0 Å². The first-order valence-corrected chi connectivity index (χ1v) is 5.92. The molecule has 0 aliphatic heterocycles. The molecule has 1 saturated carbocycles. The van der Waals surface area contributed by atoms with Crippen LogP contribution in [0, 0.1) is 0 Å². The maximum atomic E-state index is 11.2. The Hall–Kier alpha value is -1.57. The molecule has 2 aromatic rings. The number of hydrogen-bond donors (Lipinski definition) is 1. The van der Waals surface area contributed by atoms with Crippen molar-refractivity contribution in [2.75, 3.05) is 0 Å². The second-order valence-corrected chi connectivity index (χ2v) is 4.60. The van der Waals surface area contributed by atoms with Crippen molar-refractivity contribution in [1.82, 2.24) is 4.98 Å². The van der Waals surface area contributed by atoms with Crippen LogP contribution in [0.4, 0.5) is 0 Å². The monoisotopic (exact) mass is 213 g/mol. The van der Waals surface area contributed by atoms with Gasteiger partial charge < -0.3 is 4.98 Å². The Morgan fingerprint density at radius 1 is 1.12 bits per heavy atom. The molecular formula is C14H15NO. The van der Waals surface area contributed by atoms with E-state index in [0.29, 0.717) is 11.7 Å². The maximum Gasteiger partial charge on any atom is 0.132 e. The van der Waals surface area contributed by atoms with Crippen LogP contribution in [0.5, 0.6) is 0 Å². The number of rotatable bonds is 1. The molecule has 1 N–H and O–H groups in total. The maximum absolute atomic E-state index is 11.2. The molecule has 1 fully saturated rings. The minimum atomic E-state index is 0.427. The number of carbonyl (C=O) groups excluding carboxylic acids is 1. The Balaban J connectivity index is 1.97. The molecular weight excluding hydrogens is 198 g/mol. The largest absolute Gasteiger partial charge is 0.361 e. The van der Waals surface area contributed by atoms with Gasteiger partial charge >= 0.3 is 0 Å². The number of aromatic amines is 1. The summed E-state index contributed by atoms with van der Waals surface area (Å²) in [5, 5.41) is 1.32. The van der Waals surface area contributed by atoms with Gasteiger partial charge in [-0.25, -0.2) is 0 Å². The number of hydrogen-bond acceptors (Lipinski definition) is 1. The summed E-state index contributed by atoms with van der Waals surface area (Å²) in [5.74, 6) is 0.991. The minimum absolute atomic E-state index is 0.427. The molecule has 0 atom stereocenters. The molecule has 2 nitrogen and oxygen atoms in total. The van der Waals surface area contributed by atoms with Crippen LogP contribution >= 0.6 is 0 Å². The fraction of sp³-hybridized carbons (Fsp3) is 0.357. The Kier molecular flexibility index (Phi) is 2.28. The normalized spacial score (nSPS) is 18.1. The van der Waals surface area contributed by atoms with Gasteiger partial charge in [-0.3, -0.25) is 4.79 Å². The quantitative estimate of drug-likeness (QED) is 0.773. The van der Waals surface area contributed by atoms with Crippen molar-refractivity contribution >= 4 is 16.7 Å². The highest BCUT2D eigenvalue weighted by molar-refractivity contribution is 5.84. The van der Waals surface area contributed by atoms with E-state index in [4.69, 9.17) is 0 Å². The van der Waals surface area contributed by atoms with Gasteiger partial charge in [-0.05, 0) is 30.4 Å². The first-order valence-electron chi connectivity index (χ1n) is 5.92. The van der Waals surface area contributed by atoms with Crippen molar-refractivity contribution in [3.05, 3.63) is 36.0 Å². The van der Waals surface area contributed by atoms with Gasteiger partial charge in [-0.1, -0.05) is 18.2 Å². The van der Waals surface area contributed by atoms with Crippen molar-refractivity contribution in [2.24, 2.45) is 0 Å². The van der Waals surface area contributed by atoms with Gasteiger partial charge in [0, 0.05) is 29.9 Å². The zero-order chi connectivity index (χ0) is 11.0. The molecule has 1 aliphatic carbocycles. The van der Waals surface area contributed by atoms with E-state index in [1.807, 2.05) is 6.07 Å². The lowest BCUT2D eigenvalue weighted by atomic mass is 9.83. The van der Waals surface area contributed by atoms with Crippen LogP contribution in [0.25, 0.3) is 10.9 Å². The molecule has 1 heterocycles. The lowest BCUT2D eigenvalue weighted by Crippen LogP contribution is -2.11. The fourth-order valence-electron chi connectivity index (χ4n) is 2.68. The zero-order valence-electron chi connectivity index (χ0n) is 9.20. The number of aromatic nitrogens is 1. The Morgan fingerprint density at radius 2 is 1.88 bits per heavy atom. The number of carbonyl (C=O) groups is 1. The van der Waals surface area contributed by atoms with Crippen LogP contribution in [0.3, 0.4) is 0 Å². The van der Waals surface area contributed by atoms with Crippen molar-refractivity contribution < 1.29 is 4.79 Å². The summed E-state index contributed by atoms with van der Waals surface area (Å²) in [6, 6.07) is 8.39. The number of fused-ring (bicyclic) bond motifs is 1. The first kappa shape index (κ1) is 9.64. The Labute approximate surface area is 94.7 Å². The van der Waals surface area contributed by atoms with E-state index in [-0.39, 0.29) is 0 Å². The molecule has 0 saturated heterocycles. The molecule has 0 unspecified atom stereocenters. The van der Waals surface area contributed by atoms with E-state index in [0.717, 1.165) is 25.7 Å². The summed E-state index contributed by atoms with van der Waals surface area (Å²) in [7, 11) is 0. The fourth-order valence-corrected chi connectivity index (χ4v) is 2.68. The third kappa shape index (κ3) is 1.54. The SMILES string of the molecule is O=C1CCC(c2c[nH]c3ccccc23)CC1. The molecule has 2 heteroatoms. The number of ketones is 1. The third-order valence-electron chi connectivity index (χ3n) is 3.60. The molecule has 0 radical (unpaired) electrons. The molecule has 0 bridgehead atoms. The summed E-state index contributed by atoms with van der Waals surface area (Å²) in [6.07, 6.45) is 5.65. The molecule has 1 aromatic heterocycles. The van der Waals surface area contributed by atoms with Crippen LogP contribution in [-0.2, 0) is 4.79 Å². The van der Waals surface area contributed by atoms with Crippen LogP contribution in [0.15, 0.2) is 30.5 Å². The third-order valence-corrected chi connectivity index (χ3v) is 3.60. The minimum Gasteiger partial charge on any atom is -0.361 e. The number of Topliss-reactive ketones (excluding diaryl/α,β-unsaturated/α-hetero) is 1. The first-order chi connectivity index (χ1) is 7.84. The highest BCUT2D eigenvalue weighted by Crippen LogP contribution is 2.35. The molecule has 1 aliphatic rings. The predicted octanol–water partition coefficient (Wildman–Crippen LogP) is 3.39. The average Bonchev–Trinajstić information content (AvgIpc) is 2.74. The van der Waals surface area contributed by atoms with Crippen molar-refractivity contribution in [3.8, 4) is 0 Å². The van der Waals surface area contributed by atoms with E-state index in [1.165, 1.54) is 16.5 Å². The summed E-state index contributed by atoms with van der Waals surface area (Å²) < 4.78 is 0. The van der Waals surface area contributed by atoms with Crippen LogP contribution in [-0.4, -0.2) is 10.8 Å².